The summed E-state index contributed by atoms with van der Waals surface area (Å²) in [4.78, 5) is 21.4. The maximum Gasteiger partial charge on any atom is 0.255 e. The highest BCUT2D eigenvalue weighted by Gasteiger charge is 2.20. The van der Waals surface area contributed by atoms with Gasteiger partial charge in [0.1, 0.15) is 11.6 Å². The third-order valence-corrected chi connectivity index (χ3v) is 5.67. The Morgan fingerprint density at radius 2 is 1.82 bits per heavy atom. The highest BCUT2D eigenvalue weighted by atomic mass is 19.1. The number of anilines is 2. The molecule has 0 unspecified atom stereocenters. The second-order valence-electron chi connectivity index (χ2n) is 7.79. The van der Waals surface area contributed by atoms with Crippen LogP contribution >= 0.6 is 0 Å². The number of pyridine rings is 1. The molecule has 1 aromatic heterocycles. The Morgan fingerprint density at radius 1 is 1.03 bits per heavy atom. The summed E-state index contributed by atoms with van der Waals surface area (Å²) in [5.41, 5.74) is 1.93. The molecular weight excluding hydrogens is 423 g/mol. The lowest BCUT2D eigenvalue weighted by Crippen LogP contribution is -2.46. The zero-order valence-electron chi connectivity index (χ0n) is 18.8. The van der Waals surface area contributed by atoms with Crippen molar-refractivity contribution in [1.29, 1.82) is 0 Å². The average Bonchev–Trinajstić information content (AvgIpc) is 2.85. The van der Waals surface area contributed by atoms with E-state index in [0.717, 1.165) is 55.6 Å². The maximum absolute atomic E-state index is 13.3. The van der Waals surface area contributed by atoms with E-state index in [1.807, 2.05) is 24.3 Å². The number of hydrogen-bond donors (Lipinski definition) is 1. The summed E-state index contributed by atoms with van der Waals surface area (Å²) in [5.74, 6) is 1.56. The summed E-state index contributed by atoms with van der Waals surface area (Å²) in [6.07, 6.45) is 1.63. The normalized spacial score (nSPS) is 14.1. The van der Waals surface area contributed by atoms with Gasteiger partial charge in [-0.25, -0.2) is 9.37 Å². The molecule has 2 aromatic carbocycles. The van der Waals surface area contributed by atoms with Crippen LogP contribution in [0.2, 0.25) is 0 Å². The molecule has 1 aliphatic rings. The number of nitrogens with one attached hydrogen (secondary N) is 1. The maximum atomic E-state index is 13.3. The van der Waals surface area contributed by atoms with E-state index in [1.54, 1.807) is 26.5 Å². The van der Waals surface area contributed by atoms with Crippen molar-refractivity contribution in [2.45, 2.75) is 6.54 Å². The third-order valence-electron chi connectivity index (χ3n) is 5.67. The number of aromatic nitrogens is 1. The summed E-state index contributed by atoms with van der Waals surface area (Å²) < 4.78 is 24.3. The highest BCUT2D eigenvalue weighted by Crippen LogP contribution is 2.31. The van der Waals surface area contributed by atoms with Crippen molar-refractivity contribution >= 4 is 17.4 Å². The largest absolute Gasteiger partial charge is 0.493 e. The number of ether oxygens (including phenoxy) is 2. The topological polar surface area (TPSA) is 66.9 Å². The van der Waals surface area contributed by atoms with Crippen molar-refractivity contribution in [2.75, 3.05) is 50.6 Å². The number of hydrogen-bond acceptors (Lipinski definition) is 6. The molecule has 2 heterocycles. The van der Waals surface area contributed by atoms with Crippen LogP contribution in [0, 0.1) is 5.82 Å². The van der Waals surface area contributed by atoms with Gasteiger partial charge in [-0.05, 0) is 36.4 Å². The fraction of sp³-hybridized carbons (Fsp3) is 0.280. The van der Waals surface area contributed by atoms with Gasteiger partial charge in [0.2, 0.25) is 0 Å². The molecule has 1 fully saturated rings. The van der Waals surface area contributed by atoms with Gasteiger partial charge in [-0.1, -0.05) is 18.2 Å². The summed E-state index contributed by atoms with van der Waals surface area (Å²) in [6, 6.07) is 15.2. The molecule has 4 rings (SSSR count). The van der Waals surface area contributed by atoms with Crippen molar-refractivity contribution in [3.8, 4) is 11.5 Å². The molecule has 172 valence electrons. The number of halogens is 1. The molecule has 1 N–H and O–H groups in total. The Labute approximate surface area is 192 Å². The quantitative estimate of drug-likeness (QED) is 0.591. The molecule has 0 radical (unpaired) electrons. The Kier molecular flexibility index (Phi) is 7.04. The molecule has 0 spiro atoms. The van der Waals surface area contributed by atoms with Gasteiger partial charge in [-0.2, -0.15) is 0 Å². The number of para-hydroxylation sites is 1. The van der Waals surface area contributed by atoms with Gasteiger partial charge in [0.05, 0.1) is 26.1 Å². The average molecular weight is 451 g/mol. The molecule has 0 saturated carbocycles. The molecule has 1 aliphatic heterocycles. The molecule has 0 bridgehead atoms. The van der Waals surface area contributed by atoms with Crippen LogP contribution in [-0.2, 0) is 6.54 Å². The first-order valence-electron chi connectivity index (χ1n) is 10.8. The van der Waals surface area contributed by atoms with Crippen LogP contribution in [0.3, 0.4) is 0 Å². The molecule has 1 amide bonds. The van der Waals surface area contributed by atoms with E-state index >= 15 is 0 Å². The van der Waals surface area contributed by atoms with Crippen molar-refractivity contribution in [2.24, 2.45) is 0 Å². The van der Waals surface area contributed by atoms with E-state index in [0.29, 0.717) is 5.69 Å². The number of methoxy groups -OCH3 is 2. The summed E-state index contributed by atoms with van der Waals surface area (Å²) in [5, 5.41) is 2.75. The predicted octanol–water partition coefficient (Wildman–Crippen LogP) is 3.81. The lowest BCUT2D eigenvalue weighted by Gasteiger charge is -2.35. The predicted molar refractivity (Wildman–Crippen MR) is 126 cm³/mol. The van der Waals surface area contributed by atoms with Gasteiger partial charge < -0.3 is 19.7 Å². The Balaban J connectivity index is 1.32. The summed E-state index contributed by atoms with van der Waals surface area (Å²) >= 11 is 0. The fourth-order valence-corrected chi connectivity index (χ4v) is 3.93. The van der Waals surface area contributed by atoms with Crippen LogP contribution in [0.15, 0.2) is 60.8 Å². The molecule has 8 heteroatoms. The minimum Gasteiger partial charge on any atom is -0.493 e. The number of nitrogens with zero attached hydrogens (tertiary/aromatic N) is 3. The van der Waals surface area contributed by atoms with Gasteiger partial charge in [0, 0.05) is 43.9 Å². The zero-order chi connectivity index (χ0) is 23.2. The van der Waals surface area contributed by atoms with Crippen molar-refractivity contribution < 1.29 is 18.7 Å². The van der Waals surface area contributed by atoms with Crippen LogP contribution in [0.5, 0.6) is 11.5 Å². The molecule has 3 aromatic rings. The Hall–Kier alpha value is -3.65. The van der Waals surface area contributed by atoms with E-state index < -0.39 is 5.82 Å². The monoisotopic (exact) mass is 450 g/mol. The minimum absolute atomic E-state index is 0.267. The van der Waals surface area contributed by atoms with Crippen molar-refractivity contribution in [3.63, 3.8) is 0 Å². The minimum atomic E-state index is -0.444. The van der Waals surface area contributed by atoms with E-state index in [1.165, 1.54) is 18.2 Å². The first kappa shape index (κ1) is 22.5. The standard InChI is InChI=1S/C25H27FN4O3/c1-32-22-8-4-6-19(24(22)33-2)17-29-11-13-30(14-12-29)23-10-9-21(16-27-23)28-25(31)18-5-3-7-20(26)15-18/h3-10,15-16H,11-14,17H2,1-2H3,(H,28,31). The molecule has 0 aliphatic carbocycles. The van der Waals surface area contributed by atoms with E-state index in [2.05, 4.69) is 26.2 Å². The van der Waals surface area contributed by atoms with Gasteiger partial charge >= 0.3 is 0 Å². The van der Waals surface area contributed by atoms with Crippen molar-refractivity contribution in [3.05, 3.63) is 77.7 Å². The molecular formula is C25H27FN4O3. The molecule has 7 nitrogen and oxygen atoms in total. The van der Waals surface area contributed by atoms with E-state index in [-0.39, 0.29) is 11.5 Å². The molecule has 1 saturated heterocycles. The first-order valence-corrected chi connectivity index (χ1v) is 10.8. The number of piperazine rings is 1. The highest BCUT2D eigenvalue weighted by molar-refractivity contribution is 6.04. The SMILES string of the molecule is COc1cccc(CN2CCN(c3ccc(NC(=O)c4cccc(F)c4)cn3)CC2)c1OC. The van der Waals surface area contributed by atoms with Crippen LogP contribution < -0.4 is 19.7 Å². The number of carbonyl (C=O) groups excluding carboxylic acids is 1. The lowest BCUT2D eigenvalue weighted by molar-refractivity contribution is 0.102. The number of rotatable bonds is 7. The van der Waals surface area contributed by atoms with Crippen molar-refractivity contribution in [1.82, 2.24) is 9.88 Å². The summed E-state index contributed by atoms with van der Waals surface area (Å²) in [7, 11) is 3.31. The van der Waals surface area contributed by atoms with Gasteiger partial charge in [-0.15, -0.1) is 0 Å². The van der Waals surface area contributed by atoms with Gasteiger partial charge in [-0.3, -0.25) is 9.69 Å². The Bertz CT molecular complexity index is 1100. The second kappa shape index (κ2) is 10.3. The fourth-order valence-electron chi connectivity index (χ4n) is 3.93. The van der Waals surface area contributed by atoms with Crippen LogP contribution in [0.1, 0.15) is 15.9 Å². The molecule has 0 atom stereocenters. The number of benzene rings is 2. The molecule has 33 heavy (non-hydrogen) atoms. The first-order chi connectivity index (χ1) is 16.1. The number of carbonyl (C=O) groups is 1. The smallest absolute Gasteiger partial charge is 0.255 e. The van der Waals surface area contributed by atoms with Crippen LogP contribution in [-0.4, -0.2) is 56.2 Å². The second-order valence-corrected chi connectivity index (χ2v) is 7.79. The van der Waals surface area contributed by atoms with Crippen LogP contribution in [0.25, 0.3) is 0 Å². The zero-order valence-corrected chi connectivity index (χ0v) is 18.8. The number of amides is 1. The lowest BCUT2D eigenvalue weighted by atomic mass is 10.1. The van der Waals surface area contributed by atoms with Gasteiger partial charge in [0.25, 0.3) is 5.91 Å². The Morgan fingerprint density at radius 3 is 2.48 bits per heavy atom. The van der Waals surface area contributed by atoms with Gasteiger partial charge in [0.15, 0.2) is 11.5 Å². The van der Waals surface area contributed by atoms with Crippen LogP contribution in [0.4, 0.5) is 15.9 Å². The third kappa shape index (κ3) is 5.40. The van der Waals surface area contributed by atoms with E-state index in [9.17, 15) is 9.18 Å². The summed E-state index contributed by atoms with van der Waals surface area (Å²) in [6.45, 7) is 4.25. The van der Waals surface area contributed by atoms with E-state index in [4.69, 9.17) is 9.47 Å².